The molecule has 0 aromatic rings. The lowest BCUT2D eigenvalue weighted by Crippen LogP contribution is -2.41. The largest absolute Gasteiger partial charge is 0.391 e. The molecule has 3 nitrogen and oxygen atoms in total. The Hall–Kier alpha value is -0.120. The number of nitrogens with zero attached hydrogens (tertiary/aromatic N) is 1. The molecule has 0 aromatic carbocycles. The van der Waals surface area contributed by atoms with Crippen molar-refractivity contribution in [2.45, 2.75) is 50.4 Å². The first kappa shape index (κ1) is 9.44. The van der Waals surface area contributed by atoms with Gasteiger partial charge in [0, 0.05) is 19.1 Å². The number of likely N-dealkylation sites (tertiary alicyclic amines) is 1. The van der Waals surface area contributed by atoms with Gasteiger partial charge < -0.3 is 10.2 Å². The summed E-state index contributed by atoms with van der Waals surface area (Å²) >= 11 is 0. The second-order valence-corrected chi connectivity index (χ2v) is 4.78. The maximum atomic E-state index is 9.79. The molecule has 76 valence electrons. The normalized spacial score (nSPS) is 47.3. The average Bonchev–Trinajstić information content (AvgIpc) is 2.56. The second-order valence-electron chi connectivity index (χ2n) is 4.78. The molecule has 1 heterocycles. The topological polar surface area (TPSA) is 43.7 Å². The Morgan fingerprint density at radius 3 is 2.62 bits per heavy atom. The predicted octanol–water partition coefficient (Wildman–Crippen LogP) is 0.357. The van der Waals surface area contributed by atoms with Crippen LogP contribution in [0.5, 0.6) is 0 Å². The minimum atomic E-state index is -0.525. The molecule has 1 aliphatic carbocycles. The highest BCUT2D eigenvalue weighted by Crippen LogP contribution is 2.30. The first-order valence-corrected chi connectivity index (χ1v) is 5.23. The third-order valence-corrected chi connectivity index (χ3v) is 3.39. The van der Waals surface area contributed by atoms with Crippen LogP contribution in [-0.2, 0) is 0 Å². The standard InChI is InChI=1S/C10H19NO2/c1-10(13)5-6-11(7-10)8-3-2-4-9(8)12/h8-9,12-13H,2-7H2,1H3/t8-,9-,10?/m1/s1. The third kappa shape index (κ3) is 1.87. The molecule has 3 heteroatoms. The Kier molecular flexibility index (Phi) is 2.34. The fourth-order valence-corrected chi connectivity index (χ4v) is 2.61. The number of rotatable bonds is 1. The van der Waals surface area contributed by atoms with Crippen molar-refractivity contribution in [3.8, 4) is 0 Å². The summed E-state index contributed by atoms with van der Waals surface area (Å²) in [7, 11) is 0. The van der Waals surface area contributed by atoms with E-state index in [1.54, 1.807) is 0 Å². The minimum Gasteiger partial charge on any atom is -0.391 e. The van der Waals surface area contributed by atoms with E-state index in [0.717, 1.165) is 38.8 Å². The third-order valence-electron chi connectivity index (χ3n) is 3.39. The highest BCUT2D eigenvalue weighted by molar-refractivity contribution is 4.93. The number of aliphatic hydroxyl groups excluding tert-OH is 1. The average molecular weight is 185 g/mol. The highest BCUT2D eigenvalue weighted by atomic mass is 16.3. The molecule has 1 aliphatic heterocycles. The van der Waals surface area contributed by atoms with E-state index in [-0.39, 0.29) is 6.10 Å². The molecule has 0 radical (unpaired) electrons. The van der Waals surface area contributed by atoms with Crippen LogP contribution in [0, 0.1) is 0 Å². The van der Waals surface area contributed by atoms with Crippen LogP contribution in [0.25, 0.3) is 0 Å². The number of β-amino-alcohol motifs (C(OH)–C–C–N with tert-alkyl or cyclic N) is 1. The molecule has 3 atom stereocenters. The van der Waals surface area contributed by atoms with Gasteiger partial charge in [-0.25, -0.2) is 0 Å². The number of hydrogen-bond acceptors (Lipinski definition) is 3. The van der Waals surface area contributed by atoms with Crippen LogP contribution >= 0.6 is 0 Å². The van der Waals surface area contributed by atoms with Gasteiger partial charge in [0.25, 0.3) is 0 Å². The monoisotopic (exact) mass is 185 g/mol. The molecular weight excluding hydrogens is 166 g/mol. The molecule has 0 spiro atoms. The van der Waals surface area contributed by atoms with Gasteiger partial charge in [0.1, 0.15) is 0 Å². The Balaban J connectivity index is 1.95. The van der Waals surface area contributed by atoms with Crippen molar-refractivity contribution >= 4 is 0 Å². The smallest absolute Gasteiger partial charge is 0.0758 e. The summed E-state index contributed by atoms with van der Waals surface area (Å²) in [5.74, 6) is 0. The van der Waals surface area contributed by atoms with Crippen LogP contribution in [0.15, 0.2) is 0 Å². The Morgan fingerprint density at radius 1 is 1.38 bits per heavy atom. The van der Waals surface area contributed by atoms with Crippen molar-refractivity contribution in [3.05, 3.63) is 0 Å². The zero-order valence-electron chi connectivity index (χ0n) is 8.24. The Morgan fingerprint density at radius 2 is 2.15 bits per heavy atom. The zero-order valence-corrected chi connectivity index (χ0v) is 8.24. The molecule has 2 rings (SSSR count). The molecule has 2 N–H and O–H groups in total. The highest BCUT2D eigenvalue weighted by Gasteiger charge is 2.39. The van der Waals surface area contributed by atoms with Crippen LogP contribution < -0.4 is 0 Å². The Labute approximate surface area is 79.4 Å². The first-order valence-electron chi connectivity index (χ1n) is 5.23. The van der Waals surface area contributed by atoms with Gasteiger partial charge in [0.15, 0.2) is 0 Å². The second kappa shape index (κ2) is 3.23. The van der Waals surface area contributed by atoms with E-state index in [1.807, 2.05) is 6.92 Å². The van der Waals surface area contributed by atoms with E-state index in [1.165, 1.54) is 0 Å². The summed E-state index contributed by atoms with van der Waals surface area (Å²) in [5, 5.41) is 19.5. The van der Waals surface area contributed by atoms with Gasteiger partial charge in [-0.1, -0.05) is 0 Å². The predicted molar refractivity (Wildman–Crippen MR) is 50.5 cm³/mol. The first-order chi connectivity index (χ1) is 6.08. The minimum absolute atomic E-state index is 0.158. The van der Waals surface area contributed by atoms with Gasteiger partial charge in [-0.15, -0.1) is 0 Å². The molecule has 1 unspecified atom stereocenters. The SMILES string of the molecule is CC1(O)CCN([C@@H]2CCC[C@H]2O)C1. The van der Waals surface area contributed by atoms with Crippen LogP contribution in [-0.4, -0.2) is 45.9 Å². The van der Waals surface area contributed by atoms with Crippen molar-refractivity contribution < 1.29 is 10.2 Å². The van der Waals surface area contributed by atoms with Crippen LogP contribution in [0.3, 0.4) is 0 Å². The molecule has 0 amide bonds. The summed E-state index contributed by atoms with van der Waals surface area (Å²) in [5.41, 5.74) is -0.525. The van der Waals surface area contributed by atoms with Crippen molar-refractivity contribution in [3.63, 3.8) is 0 Å². The van der Waals surface area contributed by atoms with Gasteiger partial charge in [-0.05, 0) is 32.6 Å². The van der Waals surface area contributed by atoms with E-state index in [2.05, 4.69) is 4.90 Å². The van der Waals surface area contributed by atoms with Gasteiger partial charge in [0.05, 0.1) is 11.7 Å². The van der Waals surface area contributed by atoms with Crippen LogP contribution in [0.2, 0.25) is 0 Å². The lowest BCUT2D eigenvalue weighted by molar-refractivity contribution is 0.0410. The van der Waals surface area contributed by atoms with Crippen molar-refractivity contribution in [2.24, 2.45) is 0 Å². The molecule has 13 heavy (non-hydrogen) atoms. The van der Waals surface area contributed by atoms with E-state index >= 15 is 0 Å². The van der Waals surface area contributed by atoms with Gasteiger partial charge >= 0.3 is 0 Å². The fraction of sp³-hybridized carbons (Fsp3) is 1.00. The van der Waals surface area contributed by atoms with E-state index in [0.29, 0.717) is 6.04 Å². The summed E-state index contributed by atoms with van der Waals surface area (Å²) in [6, 6.07) is 0.314. The van der Waals surface area contributed by atoms with E-state index in [9.17, 15) is 10.2 Å². The van der Waals surface area contributed by atoms with Gasteiger partial charge in [0.2, 0.25) is 0 Å². The number of hydrogen-bond donors (Lipinski definition) is 2. The molecule has 1 saturated heterocycles. The molecule has 2 aliphatic rings. The van der Waals surface area contributed by atoms with Crippen molar-refractivity contribution in [2.75, 3.05) is 13.1 Å². The van der Waals surface area contributed by atoms with Gasteiger partial charge in [-0.2, -0.15) is 0 Å². The Bertz CT molecular complexity index is 193. The van der Waals surface area contributed by atoms with Crippen molar-refractivity contribution in [1.82, 2.24) is 4.90 Å². The number of aliphatic hydroxyl groups is 2. The zero-order chi connectivity index (χ0) is 9.47. The lowest BCUT2D eigenvalue weighted by Gasteiger charge is -2.27. The summed E-state index contributed by atoms with van der Waals surface area (Å²) in [6.07, 6.45) is 3.84. The van der Waals surface area contributed by atoms with Crippen LogP contribution in [0.4, 0.5) is 0 Å². The molecule has 1 saturated carbocycles. The van der Waals surface area contributed by atoms with E-state index in [4.69, 9.17) is 0 Å². The maximum Gasteiger partial charge on any atom is 0.0758 e. The summed E-state index contributed by atoms with van der Waals surface area (Å²) in [4.78, 5) is 2.25. The summed E-state index contributed by atoms with van der Waals surface area (Å²) in [6.45, 7) is 3.55. The lowest BCUT2D eigenvalue weighted by atomic mass is 10.1. The fourth-order valence-electron chi connectivity index (χ4n) is 2.61. The van der Waals surface area contributed by atoms with Crippen LogP contribution in [0.1, 0.15) is 32.6 Å². The van der Waals surface area contributed by atoms with Gasteiger partial charge in [-0.3, -0.25) is 4.90 Å². The quantitative estimate of drug-likeness (QED) is 0.620. The van der Waals surface area contributed by atoms with Crippen molar-refractivity contribution in [1.29, 1.82) is 0 Å². The molecule has 0 bridgehead atoms. The summed E-state index contributed by atoms with van der Waals surface area (Å²) < 4.78 is 0. The maximum absolute atomic E-state index is 9.79. The van der Waals surface area contributed by atoms with E-state index < -0.39 is 5.60 Å². The molecule has 0 aromatic heterocycles. The molecular formula is C10H19NO2. The molecule has 2 fully saturated rings.